The van der Waals surface area contributed by atoms with Gasteiger partial charge in [-0.25, -0.2) is 0 Å². The Morgan fingerprint density at radius 1 is 1.38 bits per heavy atom. The van der Waals surface area contributed by atoms with Crippen LogP contribution in [0.15, 0.2) is 0 Å². The van der Waals surface area contributed by atoms with Crippen molar-refractivity contribution in [2.45, 2.75) is 58.7 Å². The van der Waals surface area contributed by atoms with Crippen molar-refractivity contribution >= 4 is 0 Å². The highest BCUT2D eigenvalue weighted by molar-refractivity contribution is 4.76. The number of hydrogen-bond donors (Lipinski definition) is 1. The van der Waals surface area contributed by atoms with Crippen molar-refractivity contribution in [3.63, 3.8) is 0 Å². The second-order valence-corrected chi connectivity index (χ2v) is 5.14. The third kappa shape index (κ3) is 4.81. The number of ether oxygens (including phenoxy) is 1. The molecule has 0 saturated carbocycles. The highest BCUT2D eigenvalue weighted by Gasteiger charge is 2.22. The zero-order valence-corrected chi connectivity index (χ0v) is 11.3. The van der Waals surface area contributed by atoms with Gasteiger partial charge in [0.2, 0.25) is 0 Å². The predicted molar refractivity (Wildman–Crippen MR) is 68.8 cm³/mol. The Labute approximate surface area is 101 Å². The van der Waals surface area contributed by atoms with Gasteiger partial charge in [0.15, 0.2) is 0 Å². The van der Waals surface area contributed by atoms with Crippen LogP contribution in [0.2, 0.25) is 0 Å². The predicted octanol–water partition coefficient (Wildman–Crippen LogP) is 1.87. The molecule has 3 nitrogen and oxygen atoms in total. The van der Waals surface area contributed by atoms with Gasteiger partial charge in [0, 0.05) is 25.2 Å². The van der Waals surface area contributed by atoms with Crippen LogP contribution in [0.25, 0.3) is 0 Å². The van der Waals surface area contributed by atoms with Crippen molar-refractivity contribution in [1.82, 2.24) is 10.2 Å². The largest absolute Gasteiger partial charge is 0.376 e. The van der Waals surface area contributed by atoms with Gasteiger partial charge in [0.1, 0.15) is 0 Å². The van der Waals surface area contributed by atoms with Crippen molar-refractivity contribution in [2.75, 3.05) is 26.2 Å². The van der Waals surface area contributed by atoms with Crippen LogP contribution < -0.4 is 5.32 Å². The molecule has 1 rings (SSSR count). The van der Waals surface area contributed by atoms with Gasteiger partial charge in [0.05, 0.1) is 12.7 Å². The summed E-state index contributed by atoms with van der Waals surface area (Å²) >= 11 is 0. The second kappa shape index (κ2) is 7.25. The number of rotatable bonds is 6. The molecule has 0 spiro atoms. The third-order valence-corrected chi connectivity index (χ3v) is 3.36. The molecule has 1 fully saturated rings. The highest BCUT2D eigenvalue weighted by Crippen LogP contribution is 2.12. The maximum Gasteiger partial charge on any atom is 0.0700 e. The minimum Gasteiger partial charge on any atom is -0.376 e. The summed E-state index contributed by atoms with van der Waals surface area (Å²) in [5, 5.41) is 3.48. The first kappa shape index (κ1) is 13.9. The van der Waals surface area contributed by atoms with Gasteiger partial charge in [0.25, 0.3) is 0 Å². The van der Waals surface area contributed by atoms with Crippen molar-refractivity contribution in [2.24, 2.45) is 0 Å². The van der Waals surface area contributed by atoms with Gasteiger partial charge in [-0.15, -0.1) is 0 Å². The maximum absolute atomic E-state index is 5.69. The zero-order chi connectivity index (χ0) is 12.0. The summed E-state index contributed by atoms with van der Waals surface area (Å²) in [5.74, 6) is 0. The average Bonchev–Trinajstić information content (AvgIpc) is 2.28. The quantitative estimate of drug-likeness (QED) is 0.751. The van der Waals surface area contributed by atoms with Crippen LogP contribution >= 0.6 is 0 Å². The molecule has 0 aliphatic carbocycles. The molecule has 3 heteroatoms. The average molecular weight is 228 g/mol. The summed E-state index contributed by atoms with van der Waals surface area (Å²) in [6, 6.07) is 1.27. The summed E-state index contributed by atoms with van der Waals surface area (Å²) < 4.78 is 5.69. The first-order valence-electron chi connectivity index (χ1n) is 6.72. The molecule has 0 aromatic heterocycles. The van der Waals surface area contributed by atoms with Gasteiger partial charge < -0.3 is 10.1 Å². The van der Waals surface area contributed by atoms with E-state index < -0.39 is 0 Å². The second-order valence-electron chi connectivity index (χ2n) is 5.14. The molecular formula is C13H28N2O. The van der Waals surface area contributed by atoms with Crippen LogP contribution in [0.4, 0.5) is 0 Å². The topological polar surface area (TPSA) is 24.5 Å². The Balaban J connectivity index is 2.21. The SMILES string of the molecule is CCC1CN(C(C)CCNC(C)C)CCO1. The molecule has 2 unspecified atom stereocenters. The van der Waals surface area contributed by atoms with E-state index in [1.165, 1.54) is 6.42 Å². The van der Waals surface area contributed by atoms with Crippen LogP contribution in [0.5, 0.6) is 0 Å². The monoisotopic (exact) mass is 228 g/mol. The van der Waals surface area contributed by atoms with E-state index in [4.69, 9.17) is 4.74 Å². The summed E-state index contributed by atoms with van der Waals surface area (Å²) in [6.07, 6.45) is 2.82. The molecule has 1 aliphatic heterocycles. The van der Waals surface area contributed by atoms with Crippen LogP contribution in [0.1, 0.15) is 40.5 Å². The van der Waals surface area contributed by atoms with Gasteiger partial charge >= 0.3 is 0 Å². The Hall–Kier alpha value is -0.120. The minimum atomic E-state index is 0.453. The third-order valence-electron chi connectivity index (χ3n) is 3.36. The van der Waals surface area contributed by atoms with E-state index >= 15 is 0 Å². The van der Waals surface area contributed by atoms with Gasteiger partial charge in [-0.2, -0.15) is 0 Å². The fraction of sp³-hybridized carbons (Fsp3) is 1.00. The molecule has 1 heterocycles. The number of morpholine rings is 1. The van der Waals surface area contributed by atoms with Crippen molar-refractivity contribution < 1.29 is 4.74 Å². The summed E-state index contributed by atoms with van der Waals surface area (Å²) in [5.41, 5.74) is 0. The lowest BCUT2D eigenvalue weighted by molar-refractivity contribution is -0.0428. The Morgan fingerprint density at radius 3 is 2.75 bits per heavy atom. The lowest BCUT2D eigenvalue weighted by Gasteiger charge is -2.36. The summed E-state index contributed by atoms with van der Waals surface area (Å²) in [7, 11) is 0. The van der Waals surface area contributed by atoms with Gasteiger partial charge in [-0.1, -0.05) is 20.8 Å². The summed E-state index contributed by atoms with van der Waals surface area (Å²) in [6.45, 7) is 13.2. The molecule has 0 aromatic carbocycles. The zero-order valence-electron chi connectivity index (χ0n) is 11.3. The molecule has 0 bridgehead atoms. The van der Waals surface area contributed by atoms with E-state index in [1.54, 1.807) is 0 Å². The number of nitrogens with one attached hydrogen (secondary N) is 1. The molecule has 2 atom stereocenters. The van der Waals surface area contributed by atoms with E-state index in [0.29, 0.717) is 18.2 Å². The fourth-order valence-corrected chi connectivity index (χ4v) is 2.15. The first-order valence-corrected chi connectivity index (χ1v) is 6.72. The van der Waals surface area contributed by atoms with Crippen molar-refractivity contribution in [1.29, 1.82) is 0 Å². The van der Waals surface area contributed by atoms with Crippen molar-refractivity contribution in [3.05, 3.63) is 0 Å². The van der Waals surface area contributed by atoms with Gasteiger partial charge in [-0.05, 0) is 26.3 Å². The standard InChI is InChI=1S/C13H28N2O/c1-5-13-10-15(8-9-16-13)12(4)6-7-14-11(2)3/h11-14H,5-10H2,1-4H3. The minimum absolute atomic E-state index is 0.453. The lowest BCUT2D eigenvalue weighted by atomic mass is 10.1. The normalized spacial score (nSPS) is 24.9. The molecule has 1 saturated heterocycles. The van der Waals surface area contributed by atoms with E-state index in [2.05, 4.69) is 37.9 Å². The van der Waals surface area contributed by atoms with Crippen LogP contribution in [-0.4, -0.2) is 49.3 Å². The first-order chi connectivity index (χ1) is 7.63. The molecule has 0 amide bonds. The molecule has 16 heavy (non-hydrogen) atoms. The lowest BCUT2D eigenvalue weighted by Crippen LogP contribution is -2.47. The highest BCUT2D eigenvalue weighted by atomic mass is 16.5. The molecule has 0 radical (unpaired) electrons. The van der Waals surface area contributed by atoms with Crippen LogP contribution in [0, 0.1) is 0 Å². The molecule has 1 N–H and O–H groups in total. The molecule has 0 aromatic rings. The smallest absolute Gasteiger partial charge is 0.0700 e. The maximum atomic E-state index is 5.69. The van der Waals surface area contributed by atoms with Crippen molar-refractivity contribution in [3.8, 4) is 0 Å². The Kier molecular flexibility index (Phi) is 6.32. The Bertz CT molecular complexity index is 185. The Morgan fingerprint density at radius 2 is 2.12 bits per heavy atom. The van der Waals surface area contributed by atoms with E-state index in [9.17, 15) is 0 Å². The van der Waals surface area contributed by atoms with Crippen LogP contribution in [0.3, 0.4) is 0 Å². The fourth-order valence-electron chi connectivity index (χ4n) is 2.15. The molecule has 1 aliphatic rings. The molecule has 96 valence electrons. The van der Waals surface area contributed by atoms with Gasteiger partial charge in [-0.3, -0.25) is 4.90 Å². The van der Waals surface area contributed by atoms with Crippen LogP contribution in [-0.2, 0) is 4.74 Å². The molecular weight excluding hydrogens is 200 g/mol. The number of hydrogen-bond acceptors (Lipinski definition) is 3. The number of nitrogens with zero attached hydrogens (tertiary/aromatic N) is 1. The van der Waals surface area contributed by atoms with E-state index in [0.717, 1.165) is 32.7 Å². The van der Waals surface area contributed by atoms with E-state index in [-0.39, 0.29) is 0 Å². The van der Waals surface area contributed by atoms with E-state index in [1.807, 2.05) is 0 Å². The summed E-state index contributed by atoms with van der Waals surface area (Å²) in [4.78, 5) is 2.57.